The van der Waals surface area contributed by atoms with Crippen molar-refractivity contribution in [3.05, 3.63) is 10.4 Å². The van der Waals surface area contributed by atoms with Crippen LogP contribution in [0.2, 0.25) is 0 Å². The van der Waals surface area contributed by atoms with Crippen LogP contribution in [0.1, 0.15) is 36.0 Å². The summed E-state index contributed by atoms with van der Waals surface area (Å²) in [5.41, 5.74) is 6.45. The molecule has 0 radical (unpaired) electrons. The maximum Gasteiger partial charge on any atom is 0.350 e. The molecule has 0 spiro atoms. The van der Waals surface area contributed by atoms with Crippen molar-refractivity contribution in [2.45, 2.75) is 20.8 Å². The Morgan fingerprint density at radius 2 is 2.06 bits per heavy atom. The third kappa shape index (κ3) is 2.57. The van der Waals surface area contributed by atoms with Crippen LogP contribution in [-0.4, -0.2) is 25.7 Å². The Hall–Kier alpha value is -1.74. The first-order valence-corrected chi connectivity index (χ1v) is 6.66. The van der Waals surface area contributed by atoms with E-state index in [1.54, 1.807) is 6.92 Å². The minimum absolute atomic E-state index is 0.225. The number of nitrogens with two attached hydrogens (primary N) is 1. The smallest absolute Gasteiger partial charge is 0.350 e. The van der Waals surface area contributed by atoms with Gasteiger partial charge in [0.2, 0.25) is 0 Å². The first-order chi connectivity index (χ1) is 8.60. The van der Waals surface area contributed by atoms with Crippen molar-refractivity contribution in [1.82, 2.24) is 0 Å². The van der Waals surface area contributed by atoms with E-state index in [4.69, 9.17) is 15.7 Å². The minimum Gasteiger partial charge on any atom is -0.462 e. The highest BCUT2D eigenvalue weighted by atomic mass is 32.1. The molecule has 0 aliphatic rings. The van der Waals surface area contributed by atoms with Crippen molar-refractivity contribution in [1.29, 1.82) is 5.26 Å². The third-order valence-electron chi connectivity index (χ3n) is 2.55. The quantitative estimate of drug-likeness (QED) is 0.827. The van der Waals surface area contributed by atoms with Crippen molar-refractivity contribution in [2.75, 3.05) is 30.3 Å². The molecule has 0 amide bonds. The molecular weight excluding hydrogens is 250 g/mol. The van der Waals surface area contributed by atoms with Gasteiger partial charge in [-0.2, -0.15) is 5.26 Å². The fourth-order valence-electron chi connectivity index (χ4n) is 1.62. The Balaban J connectivity index is 3.25. The first-order valence-electron chi connectivity index (χ1n) is 5.84. The number of hydrogen-bond donors (Lipinski definition) is 1. The third-order valence-corrected chi connectivity index (χ3v) is 3.80. The molecule has 0 aliphatic heterocycles. The number of nitrogen functional groups attached to an aromatic ring is 1. The predicted octanol–water partition coefficient (Wildman–Crippen LogP) is 2.22. The van der Waals surface area contributed by atoms with E-state index in [2.05, 4.69) is 6.07 Å². The molecule has 98 valence electrons. The number of anilines is 2. The molecule has 0 saturated carbocycles. The van der Waals surface area contributed by atoms with Crippen molar-refractivity contribution in [3.63, 3.8) is 0 Å². The first kappa shape index (κ1) is 14.3. The van der Waals surface area contributed by atoms with E-state index >= 15 is 0 Å². The highest BCUT2D eigenvalue weighted by Gasteiger charge is 2.24. The van der Waals surface area contributed by atoms with Gasteiger partial charge in [-0.25, -0.2) is 4.79 Å². The molecule has 5 nitrogen and oxygen atoms in total. The van der Waals surface area contributed by atoms with E-state index in [-0.39, 0.29) is 5.69 Å². The number of hydrogen-bond acceptors (Lipinski definition) is 6. The number of carbonyl (C=O) groups excluding carboxylic acids is 1. The van der Waals surface area contributed by atoms with Crippen LogP contribution in [0.15, 0.2) is 0 Å². The molecule has 1 aromatic rings. The summed E-state index contributed by atoms with van der Waals surface area (Å²) in [4.78, 5) is 14.0. The van der Waals surface area contributed by atoms with Gasteiger partial charge in [-0.05, 0) is 20.8 Å². The van der Waals surface area contributed by atoms with Crippen LogP contribution in [0.3, 0.4) is 0 Å². The fraction of sp³-hybridized carbons (Fsp3) is 0.500. The average Bonchev–Trinajstić information content (AvgIpc) is 2.68. The molecule has 0 unspecified atom stereocenters. The van der Waals surface area contributed by atoms with Crippen molar-refractivity contribution >= 4 is 28.0 Å². The Bertz CT molecular complexity index is 472. The molecule has 0 saturated heterocycles. The lowest BCUT2D eigenvalue weighted by Crippen LogP contribution is -2.21. The van der Waals surface area contributed by atoms with Gasteiger partial charge < -0.3 is 15.4 Å². The zero-order valence-electron chi connectivity index (χ0n) is 10.8. The highest BCUT2D eigenvalue weighted by molar-refractivity contribution is 7.18. The Kier molecular flexibility index (Phi) is 4.98. The highest BCUT2D eigenvalue weighted by Crippen LogP contribution is 2.38. The number of carbonyl (C=O) groups is 1. The molecule has 1 aromatic heterocycles. The lowest BCUT2D eigenvalue weighted by atomic mass is 10.2. The second kappa shape index (κ2) is 6.26. The van der Waals surface area contributed by atoms with E-state index in [1.165, 1.54) is 11.3 Å². The monoisotopic (exact) mass is 267 g/mol. The molecule has 6 heteroatoms. The molecule has 0 atom stereocenters. The fourth-order valence-corrected chi connectivity index (χ4v) is 2.81. The summed E-state index contributed by atoms with van der Waals surface area (Å²) in [5, 5.41) is 9.90. The molecule has 0 aliphatic carbocycles. The molecule has 0 aromatic carbocycles. The van der Waals surface area contributed by atoms with E-state index < -0.39 is 5.97 Å². The number of nitrogens with zero attached hydrogens (tertiary/aromatic N) is 2. The molecule has 0 bridgehead atoms. The topological polar surface area (TPSA) is 79.3 Å². The molecule has 1 rings (SSSR count). The van der Waals surface area contributed by atoms with Gasteiger partial charge in [-0.15, -0.1) is 11.3 Å². The van der Waals surface area contributed by atoms with E-state index in [1.807, 2.05) is 18.7 Å². The number of ether oxygens (including phenoxy) is 1. The van der Waals surface area contributed by atoms with Crippen LogP contribution in [0.25, 0.3) is 0 Å². The Labute approximate surface area is 111 Å². The number of thiophene rings is 1. The minimum atomic E-state index is -0.463. The summed E-state index contributed by atoms with van der Waals surface area (Å²) in [6.07, 6.45) is 0. The van der Waals surface area contributed by atoms with Crippen LogP contribution in [0.5, 0.6) is 0 Å². The average molecular weight is 267 g/mol. The zero-order valence-corrected chi connectivity index (χ0v) is 11.6. The SMILES string of the molecule is CCOC(=O)c1sc(N(CC)CC)c(C#N)c1N. The van der Waals surface area contributed by atoms with E-state index in [9.17, 15) is 4.79 Å². The lowest BCUT2D eigenvalue weighted by Gasteiger charge is -2.18. The van der Waals surface area contributed by atoms with Gasteiger partial charge in [0.1, 0.15) is 21.5 Å². The Morgan fingerprint density at radius 1 is 1.44 bits per heavy atom. The van der Waals surface area contributed by atoms with Crippen LogP contribution < -0.4 is 10.6 Å². The van der Waals surface area contributed by atoms with Gasteiger partial charge in [0.15, 0.2) is 0 Å². The maximum atomic E-state index is 11.7. The van der Waals surface area contributed by atoms with Gasteiger partial charge in [0.25, 0.3) is 0 Å². The summed E-state index contributed by atoms with van der Waals surface area (Å²) in [5.74, 6) is -0.463. The lowest BCUT2D eigenvalue weighted by molar-refractivity contribution is 0.0533. The van der Waals surface area contributed by atoms with Crippen molar-refractivity contribution in [2.24, 2.45) is 0 Å². The molecular formula is C12H17N3O2S. The van der Waals surface area contributed by atoms with Gasteiger partial charge >= 0.3 is 5.97 Å². The molecule has 0 fully saturated rings. The summed E-state index contributed by atoms with van der Waals surface area (Å²) < 4.78 is 4.93. The summed E-state index contributed by atoms with van der Waals surface area (Å²) >= 11 is 1.22. The van der Waals surface area contributed by atoms with Crippen molar-refractivity contribution < 1.29 is 9.53 Å². The predicted molar refractivity (Wildman–Crippen MR) is 73.0 cm³/mol. The van der Waals surface area contributed by atoms with E-state index in [0.29, 0.717) is 17.0 Å². The Morgan fingerprint density at radius 3 is 2.50 bits per heavy atom. The van der Waals surface area contributed by atoms with Gasteiger partial charge in [0, 0.05) is 13.1 Å². The van der Waals surface area contributed by atoms with Gasteiger partial charge in [-0.1, -0.05) is 0 Å². The second-order valence-electron chi connectivity index (χ2n) is 3.53. The molecule has 1 heterocycles. The van der Waals surface area contributed by atoms with Crippen LogP contribution >= 0.6 is 11.3 Å². The normalized spacial score (nSPS) is 9.89. The second-order valence-corrected chi connectivity index (χ2v) is 4.53. The number of rotatable bonds is 5. The molecule has 2 N–H and O–H groups in total. The summed E-state index contributed by atoms with van der Waals surface area (Å²) in [7, 11) is 0. The summed E-state index contributed by atoms with van der Waals surface area (Å²) in [6, 6.07) is 2.07. The summed E-state index contributed by atoms with van der Waals surface area (Å²) in [6.45, 7) is 7.52. The molecule has 18 heavy (non-hydrogen) atoms. The maximum absolute atomic E-state index is 11.7. The number of nitriles is 1. The van der Waals surface area contributed by atoms with Gasteiger partial charge in [-0.3, -0.25) is 0 Å². The largest absolute Gasteiger partial charge is 0.462 e. The van der Waals surface area contributed by atoms with Crippen LogP contribution in [0.4, 0.5) is 10.7 Å². The van der Waals surface area contributed by atoms with Crippen LogP contribution in [0, 0.1) is 11.3 Å². The van der Waals surface area contributed by atoms with E-state index in [0.717, 1.165) is 18.1 Å². The zero-order chi connectivity index (χ0) is 13.7. The van der Waals surface area contributed by atoms with Crippen LogP contribution in [-0.2, 0) is 4.74 Å². The van der Waals surface area contributed by atoms with Crippen molar-refractivity contribution in [3.8, 4) is 6.07 Å². The van der Waals surface area contributed by atoms with Gasteiger partial charge in [0.05, 0.1) is 12.3 Å². The number of esters is 1. The standard InChI is InChI=1S/C12H17N3O2S/c1-4-15(5-2)11-8(7-13)9(14)10(18-11)12(16)17-6-3/h4-6,14H2,1-3H3.